The van der Waals surface area contributed by atoms with Crippen molar-refractivity contribution in [1.82, 2.24) is 5.32 Å². The zero-order valence-electron chi connectivity index (χ0n) is 7.07. The molecule has 0 unspecified atom stereocenters. The van der Waals surface area contributed by atoms with E-state index < -0.39 is 0 Å². The molecule has 2 N–H and O–H groups in total. The van der Waals surface area contributed by atoms with Gasteiger partial charge < -0.3 is 10.4 Å². The summed E-state index contributed by atoms with van der Waals surface area (Å²) in [6.07, 6.45) is 2.25. The molecule has 2 heteroatoms. The van der Waals surface area contributed by atoms with Gasteiger partial charge in [0.15, 0.2) is 0 Å². The summed E-state index contributed by atoms with van der Waals surface area (Å²) in [6, 6.07) is 0. The zero-order valence-corrected chi connectivity index (χ0v) is 7.07. The van der Waals surface area contributed by atoms with Crippen LogP contribution in [0.1, 0.15) is 33.6 Å². The lowest BCUT2D eigenvalue weighted by Crippen LogP contribution is -2.47. The molecule has 1 rings (SSSR count). The molecule has 0 heterocycles. The Kier molecular flexibility index (Phi) is 1.77. The van der Waals surface area contributed by atoms with E-state index >= 15 is 0 Å². The van der Waals surface area contributed by atoms with E-state index in [0.717, 1.165) is 12.8 Å². The highest BCUT2D eigenvalue weighted by Crippen LogP contribution is 2.36. The van der Waals surface area contributed by atoms with Gasteiger partial charge in [0.2, 0.25) is 0 Å². The summed E-state index contributed by atoms with van der Waals surface area (Å²) >= 11 is 0. The van der Waals surface area contributed by atoms with Crippen LogP contribution >= 0.6 is 0 Å². The highest BCUT2D eigenvalue weighted by atomic mass is 16.3. The van der Waals surface area contributed by atoms with Crippen LogP contribution in [0.2, 0.25) is 0 Å². The van der Waals surface area contributed by atoms with Crippen LogP contribution < -0.4 is 5.32 Å². The van der Waals surface area contributed by atoms with Crippen molar-refractivity contribution >= 4 is 0 Å². The van der Waals surface area contributed by atoms with Crippen molar-refractivity contribution in [1.29, 1.82) is 0 Å². The number of hydrogen-bond acceptors (Lipinski definition) is 2. The SMILES string of the molecule is CC(C)(C)NC1(CO)CC1. The Morgan fingerprint density at radius 3 is 2.00 bits per heavy atom. The molecule has 0 aliphatic heterocycles. The van der Waals surface area contributed by atoms with E-state index in [1.54, 1.807) is 0 Å². The fraction of sp³-hybridized carbons (Fsp3) is 1.00. The highest BCUT2D eigenvalue weighted by molar-refractivity contribution is 5.04. The van der Waals surface area contributed by atoms with Gasteiger partial charge in [-0.05, 0) is 33.6 Å². The molecule has 60 valence electrons. The molecular formula is C8H17NO. The molecule has 10 heavy (non-hydrogen) atoms. The van der Waals surface area contributed by atoms with Crippen molar-refractivity contribution in [2.45, 2.75) is 44.7 Å². The van der Waals surface area contributed by atoms with E-state index in [1.165, 1.54) is 0 Å². The molecule has 1 aliphatic carbocycles. The average molecular weight is 143 g/mol. The largest absolute Gasteiger partial charge is 0.394 e. The smallest absolute Gasteiger partial charge is 0.0613 e. The molecule has 0 aromatic heterocycles. The minimum absolute atomic E-state index is 0.0816. The topological polar surface area (TPSA) is 32.3 Å². The van der Waals surface area contributed by atoms with Crippen LogP contribution in [0.3, 0.4) is 0 Å². The lowest BCUT2D eigenvalue weighted by Gasteiger charge is -2.27. The number of rotatable bonds is 2. The minimum Gasteiger partial charge on any atom is -0.394 e. The summed E-state index contributed by atoms with van der Waals surface area (Å²) < 4.78 is 0. The predicted molar refractivity (Wildman–Crippen MR) is 41.9 cm³/mol. The van der Waals surface area contributed by atoms with Crippen LogP contribution in [0, 0.1) is 0 Å². The second-order valence-electron chi connectivity index (χ2n) is 4.31. The van der Waals surface area contributed by atoms with Crippen LogP contribution in [0.15, 0.2) is 0 Å². The molecule has 1 fully saturated rings. The van der Waals surface area contributed by atoms with Gasteiger partial charge in [-0.3, -0.25) is 0 Å². The van der Waals surface area contributed by atoms with Gasteiger partial charge in [0.1, 0.15) is 0 Å². The van der Waals surface area contributed by atoms with Crippen LogP contribution in [-0.2, 0) is 0 Å². The molecule has 0 saturated heterocycles. The first kappa shape index (κ1) is 8.02. The molecule has 1 aliphatic rings. The first-order chi connectivity index (χ1) is 4.47. The third-order valence-electron chi connectivity index (χ3n) is 1.80. The van der Waals surface area contributed by atoms with E-state index in [-0.39, 0.29) is 17.7 Å². The summed E-state index contributed by atoms with van der Waals surface area (Å²) in [7, 11) is 0. The first-order valence-electron chi connectivity index (χ1n) is 3.88. The fourth-order valence-electron chi connectivity index (χ4n) is 1.27. The van der Waals surface area contributed by atoms with Gasteiger partial charge in [0.25, 0.3) is 0 Å². The Labute approximate surface area is 62.6 Å². The molecule has 0 spiro atoms. The van der Waals surface area contributed by atoms with E-state index in [9.17, 15) is 0 Å². The molecule has 0 aromatic carbocycles. The summed E-state index contributed by atoms with van der Waals surface area (Å²) in [5.41, 5.74) is 0.220. The molecule has 2 nitrogen and oxygen atoms in total. The second kappa shape index (κ2) is 2.21. The summed E-state index contributed by atoms with van der Waals surface area (Å²) in [5.74, 6) is 0. The number of aliphatic hydroxyl groups is 1. The van der Waals surface area contributed by atoms with E-state index in [2.05, 4.69) is 26.1 Å². The third-order valence-corrected chi connectivity index (χ3v) is 1.80. The Morgan fingerprint density at radius 2 is 1.90 bits per heavy atom. The zero-order chi connectivity index (χ0) is 7.83. The normalized spacial score (nSPS) is 22.8. The van der Waals surface area contributed by atoms with Gasteiger partial charge in [0, 0.05) is 11.1 Å². The Bertz CT molecular complexity index is 122. The van der Waals surface area contributed by atoms with Crippen LogP contribution in [0.25, 0.3) is 0 Å². The van der Waals surface area contributed by atoms with Crippen LogP contribution in [0.5, 0.6) is 0 Å². The maximum atomic E-state index is 8.96. The molecule has 1 saturated carbocycles. The monoisotopic (exact) mass is 143 g/mol. The van der Waals surface area contributed by atoms with E-state index in [0.29, 0.717) is 0 Å². The standard InChI is InChI=1S/C8H17NO/c1-7(2,3)9-8(6-10)4-5-8/h9-10H,4-6H2,1-3H3. The van der Waals surface area contributed by atoms with Crippen molar-refractivity contribution in [3.8, 4) is 0 Å². The van der Waals surface area contributed by atoms with Crippen molar-refractivity contribution in [3.05, 3.63) is 0 Å². The minimum atomic E-state index is 0.0816. The number of aliphatic hydroxyl groups excluding tert-OH is 1. The summed E-state index contributed by atoms with van der Waals surface area (Å²) in [4.78, 5) is 0. The molecule has 0 amide bonds. The first-order valence-corrected chi connectivity index (χ1v) is 3.88. The van der Waals surface area contributed by atoms with Gasteiger partial charge in [-0.25, -0.2) is 0 Å². The number of nitrogens with one attached hydrogen (secondary N) is 1. The van der Waals surface area contributed by atoms with Crippen LogP contribution in [-0.4, -0.2) is 22.8 Å². The van der Waals surface area contributed by atoms with Crippen LogP contribution in [0.4, 0.5) is 0 Å². The molecule has 0 aromatic rings. The Morgan fingerprint density at radius 1 is 1.40 bits per heavy atom. The van der Waals surface area contributed by atoms with Gasteiger partial charge in [0.05, 0.1) is 6.61 Å². The van der Waals surface area contributed by atoms with Crippen molar-refractivity contribution in [2.75, 3.05) is 6.61 Å². The van der Waals surface area contributed by atoms with Crippen molar-refractivity contribution < 1.29 is 5.11 Å². The maximum absolute atomic E-state index is 8.96. The molecule has 0 atom stereocenters. The molecule has 0 radical (unpaired) electrons. The number of hydrogen-bond donors (Lipinski definition) is 2. The van der Waals surface area contributed by atoms with Gasteiger partial charge >= 0.3 is 0 Å². The lowest BCUT2D eigenvalue weighted by molar-refractivity contribution is 0.202. The highest BCUT2D eigenvalue weighted by Gasteiger charge is 2.43. The average Bonchev–Trinajstić information content (AvgIpc) is 2.45. The second-order valence-corrected chi connectivity index (χ2v) is 4.31. The third kappa shape index (κ3) is 1.96. The summed E-state index contributed by atoms with van der Waals surface area (Å²) in [6.45, 7) is 6.67. The van der Waals surface area contributed by atoms with Crippen molar-refractivity contribution in [2.24, 2.45) is 0 Å². The predicted octanol–water partition coefficient (Wildman–Crippen LogP) is 0.899. The summed E-state index contributed by atoms with van der Waals surface area (Å²) in [5, 5.41) is 12.4. The van der Waals surface area contributed by atoms with Gasteiger partial charge in [-0.15, -0.1) is 0 Å². The van der Waals surface area contributed by atoms with E-state index in [1.807, 2.05) is 0 Å². The maximum Gasteiger partial charge on any atom is 0.0613 e. The Balaban J connectivity index is 2.38. The lowest BCUT2D eigenvalue weighted by atomic mass is 10.1. The molecular weight excluding hydrogens is 126 g/mol. The fourth-order valence-corrected chi connectivity index (χ4v) is 1.27. The van der Waals surface area contributed by atoms with Gasteiger partial charge in [-0.1, -0.05) is 0 Å². The van der Waals surface area contributed by atoms with Crippen molar-refractivity contribution in [3.63, 3.8) is 0 Å². The van der Waals surface area contributed by atoms with Gasteiger partial charge in [-0.2, -0.15) is 0 Å². The molecule has 0 bridgehead atoms. The van der Waals surface area contributed by atoms with E-state index in [4.69, 9.17) is 5.11 Å². The Hall–Kier alpha value is -0.0800. The quantitative estimate of drug-likeness (QED) is 0.602.